The van der Waals surface area contributed by atoms with Crippen LogP contribution in [0.15, 0.2) is 0 Å². The number of carbonyl (C=O) groups is 1. The van der Waals surface area contributed by atoms with Crippen molar-refractivity contribution >= 4 is 15.9 Å². The van der Waals surface area contributed by atoms with Gasteiger partial charge in [-0.15, -0.1) is 0 Å². The molecule has 1 amide bonds. The van der Waals surface area contributed by atoms with E-state index in [1.807, 2.05) is 4.90 Å². The fourth-order valence-corrected chi connectivity index (χ4v) is 5.77. The zero-order valence-corrected chi connectivity index (χ0v) is 16.1. The van der Waals surface area contributed by atoms with Gasteiger partial charge in [-0.1, -0.05) is 0 Å². The number of nitrogens with zero attached hydrogens (tertiary/aromatic N) is 2. The summed E-state index contributed by atoms with van der Waals surface area (Å²) in [4.78, 5) is 13.8. The summed E-state index contributed by atoms with van der Waals surface area (Å²) in [5, 5.41) is 0. The summed E-state index contributed by atoms with van der Waals surface area (Å²) >= 11 is 0. The van der Waals surface area contributed by atoms with Gasteiger partial charge in [0.05, 0.1) is 11.4 Å². The summed E-state index contributed by atoms with van der Waals surface area (Å²) in [5.74, 6) is 0.172. The fourth-order valence-electron chi connectivity index (χ4n) is 4.18. The average molecular weight is 375 g/mol. The minimum atomic E-state index is -3.19. The molecule has 2 heterocycles. The molecule has 1 atom stereocenters. The van der Waals surface area contributed by atoms with Gasteiger partial charge in [0, 0.05) is 38.9 Å². The van der Waals surface area contributed by atoms with E-state index in [1.165, 1.54) is 7.11 Å². The molecule has 3 rings (SSSR count). The lowest BCUT2D eigenvalue weighted by Crippen LogP contribution is -2.56. The molecule has 3 aliphatic rings. The van der Waals surface area contributed by atoms with Crippen molar-refractivity contribution in [2.24, 2.45) is 0 Å². The number of amides is 1. The number of methoxy groups -OCH3 is 1. The summed E-state index contributed by atoms with van der Waals surface area (Å²) in [6.45, 7) is 3.73. The molecule has 0 N–H and O–H groups in total. The molecule has 1 spiro atoms. The molecular formula is C17H30N2O5S. The van der Waals surface area contributed by atoms with Crippen molar-refractivity contribution in [3.8, 4) is 0 Å². The number of ether oxygens (including phenoxy) is 2. The van der Waals surface area contributed by atoms with E-state index in [-0.39, 0.29) is 36.0 Å². The average Bonchev–Trinajstić information content (AvgIpc) is 3.40. The quantitative estimate of drug-likeness (QED) is 0.693. The zero-order chi connectivity index (χ0) is 18.1. The topological polar surface area (TPSA) is 76.2 Å². The first-order valence-electron chi connectivity index (χ1n) is 9.33. The van der Waals surface area contributed by atoms with E-state index in [0.717, 1.165) is 38.5 Å². The van der Waals surface area contributed by atoms with Crippen LogP contribution in [0, 0.1) is 0 Å². The molecule has 1 saturated carbocycles. The van der Waals surface area contributed by atoms with Gasteiger partial charge in [0.15, 0.2) is 0 Å². The molecule has 25 heavy (non-hydrogen) atoms. The zero-order valence-electron chi connectivity index (χ0n) is 15.3. The highest BCUT2D eigenvalue weighted by Gasteiger charge is 2.48. The van der Waals surface area contributed by atoms with Crippen molar-refractivity contribution in [2.75, 3.05) is 39.2 Å². The van der Waals surface area contributed by atoms with Crippen molar-refractivity contribution in [1.82, 2.24) is 9.21 Å². The first kappa shape index (κ1) is 19.1. The van der Waals surface area contributed by atoms with Gasteiger partial charge in [-0.3, -0.25) is 4.79 Å². The third-order valence-corrected chi connectivity index (χ3v) is 7.68. The smallest absolute Gasteiger partial charge is 0.248 e. The maximum atomic E-state index is 12.6. The van der Waals surface area contributed by atoms with Crippen LogP contribution in [0.2, 0.25) is 0 Å². The number of likely N-dealkylation sites (tertiary alicyclic amines) is 1. The van der Waals surface area contributed by atoms with Crippen LogP contribution in [0.25, 0.3) is 0 Å². The SMILES string of the molecule is CCS(=O)(=O)N(C1CC1)C1CCOC2(CCN(C(=O)COC)CC2)C1. The number of carbonyl (C=O) groups excluding carboxylic acids is 1. The molecule has 2 aliphatic heterocycles. The number of piperidine rings is 1. The predicted octanol–water partition coefficient (Wildman–Crippen LogP) is 0.987. The van der Waals surface area contributed by atoms with E-state index in [4.69, 9.17) is 9.47 Å². The van der Waals surface area contributed by atoms with Crippen LogP contribution in [-0.2, 0) is 24.3 Å². The number of hydrogen-bond acceptors (Lipinski definition) is 5. The lowest BCUT2D eigenvalue weighted by Gasteiger charge is -2.48. The standard InChI is InChI=1S/C17H30N2O5S/c1-3-25(21,22)19(14-4-5-14)15-6-11-24-17(12-15)7-9-18(10-8-17)16(20)13-23-2/h14-15H,3-13H2,1-2H3. The molecule has 3 fully saturated rings. The Hall–Kier alpha value is -0.700. The molecule has 2 saturated heterocycles. The van der Waals surface area contributed by atoms with Gasteiger partial charge in [0.25, 0.3) is 0 Å². The van der Waals surface area contributed by atoms with Crippen molar-refractivity contribution in [3.63, 3.8) is 0 Å². The third kappa shape index (κ3) is 4.18. The van der Waals surface area contributed by atoms with Gasteiger partial charge in [-0.05, 0) is 45.4 Å². The van der Waals surface area contributed by atoms with Crippen LogP contribution >= 0.6 is 0 Å². The van der Waals surface area contributed by atoms with E-state index in [2.05, 4.69) is 0 Å². The Labute approximate surface area is 150 Å². The molecule has 0 radical (unpaired) electrons. The largest absolute Gasteiger partial charge is 0.375 e. The summed E-state index contributed by atoms with van der Waals surface area (Å²) in [7, 11) is -1.66. The van der Waals surface area contributed by atoms with Crippen molar-refractivity contribution in [3.05, 3.63) is 0 Å². The molecule has 8 heteroatoms. The minimum Gasteiger partial charge on any atom is -0.375 e. The fraction of sp³-hybridized carbons (Fsp3) is 0.941. The van der Waals surface area contributed by atoms with Crippen LogP contribution in [0.1, 0.15) is 45.4 Å². The van der Waals surface area contributed by atoms with Gasteiger partial charge in [-0.2, -0.15) is 4.31 Å². The molecule has 0 bridgehead atoms. The summed E-state index contributed by atoms with van der Waals surface area (Å²) in [6, 6.07) is 0.223. The monoisotopic (exact) mass is 374 g/mol. The normalized spacial score (nSPS) is 27.0. The number of hydrogen-bond donors (Lipinski definition) is 0. The molecule has 144 valence electrons. The Kier molecular flexibility index (Phi) is 5.72. The first-order valence-corrected chi connectivity index (χ1v) is 10.9. The van der Waals surface area contributed by atoms with Gasteiger partial charge in [0.2, 0.25) is 15.9 Å². The molecule has 7 nitrogen and oxygen atoms in total. The summed E-state index contributed by atoms with van der Waals surface area (Å²) in [6.07, 6.45) is 5.00. The Bertz CT molecular complexity index is 582. The van der Waals surface area contributed by atoms with Gasteiger partial charge in [0.1, 0.15) is 6.61 Å². The Morgan fingerprint density at radius 2 is 1.92 bits per heavy atom. The molecule has 1 unspecified atom stereocenters. The van der Waals surface area contributed by atoms with Crippen LogP contribution in [-0.4, -0.2) is 80.4 Å². The van der Waals surface area contributed by atoms with Crippen molar-refractivity contribution < 1.29 is 22.7 Å². The van der Waals surface area contributed by atoms with Gasteiger partial charge >= 0.3 is 0 Å². The van der Waals surface area contributed by atoms with Crippen LogP contribution in [0.5, 0.6) is 0 Å². The Balaban J connectivity index is 1.66. The predicted molar refractivity (Wildman–Crippen MR) is 93.7 cm³/mol. The number of sulfonamides is 1. The molecule has 0 aromatic rings. The number of rotatable bonds is 6. The highest BCUT2D eigenvalue weighted by atomic mass is 32.2. The third-order valence-electron chi connectivity index (χ3n) is 5.71. The second-order valence-corrected chi connectivity index (χ2v) is 9.62. The molecule has 0 aromatic carbocycles. The van der Waals surface area contributed by atoms with E-state index >= 15 is 0 Å². The molecular weight excluding hydrogens is 344 g/mol. The maximum Gasteiger partial charge on any atom is 0.248 e. The van der Waals surface area contributed by atoms with E-state index < -0.39 is 10.0 Å². The second-order valence-electron chi connectivity index (χ2n) is 7.45. The van der Waals surface area contributed by atoms with E-state index in [9.17, 15) is 13.2 Å². The van der Waals surface area contributed by atoms with Gasteiger partial charge in [-0.25, -0.2) is 8.42 Å². The van der Waals surface area contributed by atoms with Crippen molar-refractivity contribution in [1.29, 1.82) is 0 Å². The Morgan fingerprint density at radius 3 is 2.48 bits per heavy atom. The van der Waals surface area contributed by atoms with E-state index in [0.29, 0.717) is 19.7 Å². The van der Waals surface area contributed by atoms with Gasteiger partial charge < -0.3 is 14.4 Å². The molecule has 0 aromatic heterocycles. The second kappa shape index (κ2) is 7.50. The summed E-state index contributed by atoms with van der Waals surface area (Å²) < 4.78 is 38.0. The summed E-state index contributed by atoms with van der Waals surface area (Å²) in [5.41, 5.74) is -0.289. The highest BCUT2D eigenvalue weighted by molar-refractivity contribution is 7.89. The van der Waals surface area contributed by atoms with Crippen molar-refractivity contribution in [2.45, 2.75) is 63.1 Å². The lowest BCUT2D eigenvalue weighted by molar-refractivity contribution is -0.149. The van der Waals surface area contributed by atoms with Crippen LogP contribution in [0.4, 0.5) is 0 Å². The minimum absolute atomic E-state index is 0.0119. The van der Waals surface area contributed by atoms with Crippen LogP contribution < -0.4 is 0 Å². The first-order chi connectivity index (χ1) is 11.9. The van der Waals surface area contributed by atoms with E-state index in [1.54, 1.807) is 11.2 Å². The molecule has 1 aliphatic carbocycles. The van der Waals surface area contributed by atoms with Crippen LogP contribution in [0.3, 0.4) is 0 Å². The Morgan fingerprint density at radius 1 is 1.24 bits per heavy atom. The maximum absolute atomic E-state index is 12.6. The highest BCUT2D eigenvalue weighted by Crippen LogP contribution is 2.41. The lowest BCUT2D eigenvalue weighted by atomic mass is 9.82.